The molecule has 22 heavy (non-hydrogen) atoms. The Labute approximate surface area is 126 Å². The van der Waals surface area contributed by atoms with Crippen molar-refractivity contribution in [3.05, 3.63) is 28.6 Å². The van der Waals surface area contributed by atoms with E-state index in [1.165, 1.54) is 6.07 Å². The van der Waals surface area contributed by atoms with E-state index in [2.05, 4.69) is 0 Å². The van der Waals surface area contributed by atoms with Gasteiger partial charge in [-0.3, -0.25) is 0 Å². The first-order valence-electron chi connectivity index (χ1n) is 6.91. The van der Waals surface area contributed by atoms with E-state index < -0.39 is 11.7 Å². The van der Waals surface area contributed by atoms with Crippen LogP contribution in [-0.4, -0.2) is 41.2 Å². The summed E-state index contributed by atoms with van der Waals surface area (Å²) < 4.78 is 15.6. The smallest absolute Gasteiger partial charge is 0.383 e. The molecule has 1 heterocycles. The Hall–Kier alpha value is -2.25. The molecule has 1 aromatic heterocycles. The Kier molecular flexibility index (Phi) is 5.24. The molecule has 0 saturated heterocycles. The van der Waals surface area contributed by atoms with Gasteiger partial charge in [-0.15, -0.1) is 0 Å². The minimum Gasteiger partial charge on any atom is -0.504 e. The summed E-state index contributed by atoms with van der Waals surface area (Å²) in [5.74, 6) is -0.0607. The summed E-state index contributed by atoms with van der Waals surface area (Å²) in [6.45, 7) is 1.80. The van der Waals surface area contributed by atoms with Crippen LogP contribution in [0.3, 0.4) is 0 Å². The molecule has 0 aliphatic rings. The third-order valence-electron chi connectivity index (χ3n) is 3.03. The van der Waals surface area contributed by atoms with Gasteiger partial charge < -0.3 is 29.2 Å². The summed E-state index contributed by atoms with van der Waals surface area (Å²) in [7, 11) is 0. The fourth-order valence-electron chi connectivity index (χ4n) is 1.91. The average molecular weight is 310 g/mol. The second-order valence-electron chi connectivity index (χ2n) is 4.63. The zero-order chi connectivity index (χ0) is 16.1. The number of ether oxygens (including phenoxy) is 2. The van der Waals surface area contributed by atoms with Crippen LogP contribution in [-0.2, 0) is 0 Å². The maximum Gasteiger partial charge on any atom is 0.383 e. The Morgan fingerprint density at radius 3 is 2.77 bits per heavy atom. The normalized spacial score (nSPS) is 12.3. The summed E-state index contributed by atoms with van der Waals surface area (Å²) in [4.78, 5) is 11.7. The Morgan fingerprint density at radius 1 is 1.32 bits per heavy atom. The van der Waals surface area contributed by atoms with E-state index in [-0.39, 0.29) is 43.3 Å². The lowest BCUT2D eigenvalue weighted by Crippen LogP contribution is -2.15. The van der Waals surface area contributed by atoms with Crippen molar-refractivity contribution < 1.29 is 29.2 Å². The Balaban J connectivity index is 2.24. The highest BCUT2D eigenvalue weighted by Crippen LogP contribution is 2.33. The predicted molar refractivity (Wildman–Crippen MR) is 78.5 cm³/mol. The lowest BCUT2D eigenvalue weighted by molar-refractivity contribution is 0.0754. The van der Waals surface area contributed by atoms with E-state index in [0.29, 0.717) is 11.1 Å². The van der Waals surface area contributed by atoms with Gasteiger partial charge in [0.2, 0.25) is 5.75 Å². The molecular weight excluding hydrogens is 292 g/mol. The summed E-state index contributed by atoms with van der Waals surface area (Å²) in [5.41, 5.74) is -0.592. The zero-order valence-electron chi connectivity index (χ0n) is 12.1. The maximum atomic E-state index is 11.7. The summed E-state index contributed by atoms with van der Waals surface area (Å²) in [6.07, 6.45) is -0.566. The van der Waals surface area contributed by atoms with Gasteiger partial charge in [-0.05, 0) is 19.1 Å². The van der Waals surface area contributed by atoms with E-state index in [1.54, 1.807) is 19.1 Å². The number of rotatable bonds is 7. The van der Waals surface area contributed by atoms with Crippen molar-refractivity contribution in [2.24, 2.45) is 0 Å². The second-order valence-corrected chi connectivity index (χ2v) is 4.63. The first-order chi connectivity index (χ1) is 10.6. The minimum atomic E-state index is -0.837. The molecule has 1 atom stereocenters. The number of aliphatic hydroxyl groups excluding tert-OH is 2. The van der Waals surface area contributed by atoms with Crippen LogP contribution in [0.15, 0.2) is 27.4 Å². The number of hydrogen-bond acceptors (Lipinski definition) is 7. The maximum absolute atomic E-state index is 11.7. The number of benzene rings is 1. The molecule has 7 heteroatoms. The Morgan fingerprint density at radius 2 is 2.09 bits per heavy atom. The first kappa shape index (κ1) is 16.1. The van der Waals surface area contributed by atoms with Crippen LogP contribution >= 0.6 is 0 Å². The molecule has 1 aromatic carbocycles. The van der Waals surface area contributed by atoms with Crippen molar-refractivity contribution >= 4 is 11.0 Å². The highest BCUT2D eigenvalue weighted by atomic mass is 16.5. The van der Waals surface area contributed by atoms with Gasteiger partial charge in [-0.1, -0.05) is 0 Å². The van der Waals surface area contributed by atoms with Crippen molar-refractivity contribution in [1.29, 1.82) is 0 Å². The zero-order valence-corrected chi connectivity index (χ0v) is 12.1. The SMILES string of the molecule is CCOc1c(O)c2ccc(OCCC(O)CO)cc2oc1=O. The summed E-state index contributed by atoms with van der Waals surface area (Å²) in [5, 5.41) is 28.3. The van der Waals surface area contributed by atoms with Gasteiger partial charge in [0.25, 0.3) is 0 Å². The molecule has 2 rings (SSSR count). The van der Waals surface area contributed by atoms with Gasteiger partial charge in [-0.2, -0.15) is 0 Å². The molecule has 7 nitrogen and oxygen atoms in total. The van der Waals surface area contributed by atoms with Gasteiger partial charge in [0.15, 0.2) is 5.75 Å². The lowest BCUT2D eigenvalue weighted by atomic mass is 10.2. The van der Waals surface area contributed by atoms with E-state index in [1.807, 2.05) is 0 Å². The fraction of sp³-hybridized carbons (Fsp3) is 0.400. The number of hydrogen-bond donors (Lipinski definition) is 3. The van der Waals surface area contributed by atoms with E-state index in [0.717, 1.165) is 0 Å². The third-order valence-corrected chi connectivity index (χ3v) is 3.03. The van der Waals surface area contributed by atoms with Crippen LogP contribution in [0.1, 0.15) is 13.3 Å². The molecule has 1 unspecified atom stereocenters. The fourth-order valence-corrected chi connectivity index (χ4v) is 1.91. The molecule has 3 N–H and O–H groups in total. The van der Waals surface area contributed by atoms with Crippen LogP contribution in [0.25, 0.3) is 11.0 Å². The van der Waals surface area contributed by atoms with Crippen molar-refractivity contribution in [3.8, 4) is 17.2 Å². The van der Waals surface area contributed by atoms with E-state index in [9.17, 15) is 15.0 Å². The minimum absolute atomic E-state index is 0.172. The van der Waals surface area contributed by atoms with E-state index >= 15 is 0 Å². The lowest BCUT2D eigenvalue weighted by Gasteiger charge is -2.10. The monoisotopic (exact) mass is 310 g/mol. The number of aliphatic hydroxyl groups is 2. The van der Waals surface area contributed by atoms with E-state index in [4.69, 9.17) is 19.0 Å². The number of fused-ring (bicyclic) bond motifs is 1. The highest BCUT2D eigenvalue weighted by molar-refractivity contribution is 5.86. The quantitative estimate of drug-likeness (QED) is 0.655. The summed E-state index contributed by atoms with van der Waals surface area (Å²) >= 11 is 0. The van der Waals surface area contributed by atoms with Crippen LogP contribution in [0.4, 0.5) is 0 Å². The molecule has 0 radical (unpaired) electrons. The van der Waals surface area contributed by atoms with Crippen molar-refractivity contribution in [2.75, 3.05) is 19.8 Å². The number of aromatic hydroxyl groups is 1. The van der Waals surface area contributed by atoms with Crippen molar-refractivity contribution in [3.63, 3.8) is 0 Å². The molecule has 0 bridgehead atoms. The molecule has 0 spiro atoms. The predicted octanol–water partition coefficient (Wildman–Crippen LogP) is 1.02. The molecule has 0 saturated carbocycles. The largest absolute Gasteiger partial charge is 0.504 e. The summed E-state index contributed by atoms with van der Waals surface area (Å²) in [6, 6.07) is 4.62. The third kappa shape index (κ3) is 3.49. The molecular formula is C15H18O7. The topological polar surface area (TPSA) is 109 Å². The van der Waals surface area contributed by atoms with Crippen LogP contribution in [0, 0.1) is 0 Å². The molecule has 2 aromatic rings. The Bertz CT molecular complexity index is 692. The molecule has 0 aliphatic carbocycles. The van der Waals surface area contributed by atoms with Crippen molar-refractivity contribution in [1.82, 2.24) is 0 Å². The second kappa shape index (κ2) is 7.15. The highest BCUT2D eigenvalue weighted by Gasteiger charge is 2.15. The van der Waals surface area contributed by atoms with Gasteiger partial charge in [0, 0.05) is 12.5 Å². The van der Waals surface area contributed by atoms with Gasteiger partial charge >= 0.3 is 5.63 Å². The van der Waals surface area contributed by atoms with Crippen LogP contribution in [0.5, 0.6) is 17.2 Å². The van der Waals surface area contributed by atoms with Crippen LogP contribution in [0.2, 0.25) is 0 Å². The molecule has 0 aliphatic heterocycles. The van der Waals surface area contributed by atoms with Gasteiger partial charge in [-0.25, -0.2) is 4.79 Å². The van der Waals surface area contributed by atoms with Gasteiger partial charge in [0.1, 0.15) is 11.3 Å². The van der Waals surface area contributed by atoms with Crippen molar-refractivity contribution in [2.45, 2.75) is 19.4 Å². The standard InChI is InChI=1S/C15H18O7/c1-2-20-14-13(18)11-4-3-10(7-12(11)22-15(14)19)21-6-5-9(17)8-16/h3-4,7,9,16-18H,2,5-6,8H2,1H3. The molecule has 0 amide bonds. The molecule has 0 fully saturated rings. The molecule has 120 valence electrons. The van der Waals surface area contributed by atoms with Crippen LogP contribution < -0.4 is 15.1 Å². The van der Waals surface area contributed by atoms with Gasteiger partial charge in [0.05, 0.1) is 31.3 Å². The average Bonchev–Trinajstić information content (AvgIpc) is 2.51. The first-order valence-corrected chi connectivity index (χ1v) is 6.91.